The highest BCUT2D eigenvalue weighted by molar-refractivity contribution is 5.85. The molecule has 0 aliphatic heterocycles. The van der Waals surface area contributed by atoms with Gasteiger partial charge < -0.3 is 14.9 Å². The van der Waals surface area contributed by atoms with Crippen molar-refractivity contribution in [2.45, 2.75) is 85.4 Å². The fourth-order valence-corrected chi connectivity index (χ4v) is 6.90. The molecule has 0 heterocycles. The zero-order valence-corrected chi connectivity index (χ0v) is 17.5. The summed E-state index contributed by atoms with van der Waals surface area (Å²) in [6.07, 6.45) is 3.53. The van der Waals surface area contributed by atoms with Crippen LogP contribution >= 0.6 is 0 Å². The molecule has 2 N–H and O–H groups in total. The van der Waals surface area contributed by atoms with Crippen molar-refractivity contribution < 1.29 is 24.5 Å². The number of aliphatic hydroxyl groups excluding tert-OH is 2. The van der Waals surface area contributed by atoms with Crippen molar-refractivity contribution in [2.75, 3.05) is 6.61 Å². The summed E-state index contributed by atoms with van der Waals surface area (Å²) < 4.78 is 5.82. The van der Waals surface area contributed by atoms with E-state index in [0.717, 1.165) is 25.7 Å². The monoisotopic (exact) mass is 380 g/mol. The minimum absolute atomic E-state index is 0.0280. The Hall–Kier alpha value is -0.940. The second kappa shape index (κ2) is 6.84. The van der Waals surface area contributed by atoms with Gasteiger partial charge in [0.05, 0.1) is 6.10 Å². The third-order valence-electron chi connectivity index (χ3n) is 9.11. The summed E-state index contributed by atoms with van der Waals surface area (Å²) in [7, 11) is 0. The van der Waals surface area contributed by atoms with Crippen molar-refractivity contribution in [1.29, 1.82) is 0 Å². The van der Waals surface area contributed by atoms with E-state index in [1.54, 1.807) is 0 Å². The van der Waals surface area contributed by atoms with Crippen molar-refractivity contribution >= 4 is 11.8 Å². The van der Waals surface area contributed by atoms with Crippen LogP contribution in [0.15, 0.2) is 0 Å². The molecule has 0 aromatic heterocycles. The number of Topliss-reactive ketones (excluding diaryl/α,β-unsaturated/α-hetero) is 1. The average Bonchev–Trinajstić information content (AvgIpc) is 3.00. The van der Waals surface area contributed by atoms with Crippen LogP contribution in [-0.4, -0.2) is 40.8 Å². The van der Waals surface area contributed by atoms with Gasteiger partial charge in [0, 0.05) is 17.8 Å². The topological polar surface area (TPSA) is 83.8 Å². The summed E-state index contributed by atoms with van der Waals surface area (Å²) >= 11 is 0. The van der Waals surface area contributed by atoms with E-state index in [2.05, 4.69) is 34.6 Å². The first-order valence-electron chi connectivity index (χ1n) is 10.6. The minimum atomic E-state index is -0.660. The Bertz CT molecular complexity index is 618. The number of carbonyl (C=O) groups is 2. The number of ketones is 1. The Morgan fingerprint density at radius 2 is 1.93 bits per heavy atom. The molecule has 3 aliphatic carbocycles. The minimum Gasteiger partial charge on any atom is -0.460 e. The molecule has 5 nitrogen and oxygen atoms in total. The Balaban J connectivity index is 2.19. The molecule has 0 saturated heterocycles. The van der Waals surface area contributed by atoms with E-state index in [9.17, 15) is 19.8 Å². The average molecular weight is 381 g/mol. The first kappa shape index (κ1) is 20.8. The third-order valence-corrected chi connectivity index (χ3v) is 9.11. The predicted octanol–water partition coefficient (Wildman–Crippen LogP) is 3.11. The van der Waals surface area contributed by atoms with E-state index in [4.69, 9.17) is 4.74 Å². The van der Waals surface area contributed by atoms with Crippen molar-refractivity contribution in [3.63, 3.8) is 0 Å². The molecule has 0 amide bonds. The second-order valence-electron chi connectivity index (χ2n) is 10.0. The zero-order valence-electron chi connectivity index (χ0n) is 17.5. The number of hydrogen-bond donors (Lipinski definition) is 2. The van der Waals surface area contributed by atoms with Crippen molar-refractivity contribution in [3.05, 3.63) is 0 Å². The molecule has 3 fully saturated rings. The molecular weight excluding hydrogens is 344 g/mol. The summed E-state index contributed by atoms with van der Waals surface area (Å²) in [4.78, 5) is 25.2. The molecule has 0 aromatic carbocycles. The molecule has 8 unspecified atom stereocenters. The molecule has 0 aromatic rings. The van der Waals surface area contributed by atoms with Gasteiger partial charge >= 0.3 is 5.97 Å². The lowest BCUT2D eigenvalue weighted by molar-refractivity contribution is -0.213. The van der Waals surface area contributed by atoms with E-state index in [0.29, 0.717) is 12.8 Å². The fraction of sp³-hybridized carbons (Fsp3) is 0.909. The van der Waals surface area contributed by atoms with Gasteiger partial charge in [-0.25, -0.2) is 4.79 Å². The Morgan fingerprint density at radius 3 is 2.52 bits per heavy atom. The zero-order chi connectivity index (χ0) is 20.2. The van der Waals surface area contributed by atoms with Crippen molar-refractivity contribution in [1.82, 2.24) is 0 Å². The second-order valence-corrected chi connectivity index (χ2v) is 10.0. The maximum absolute atomic E-state index is 13.1. The summed E-state index contributed by atoms with van der Waals surface area (Å²) in [6, 6.07) is 0. The molecule has 3 saturated carbocycles. The molecule has 3 aliphatic rings. The van der Waals surface area contributed by atoms with Gasteiger partial charge in [0.1, 0.15) is 18.5 Å². The SMILES string of the molecule is CCC1(C)CC(OC(=O)CO)C2(C)C(C)CCC3(CCC(=O)C32)C(C)C1O. The standard InChI is InChI=1S/C22H36O5/c1-6-20(4)11-16(27-17(25)12-23)21(5)13(2)7-9-22(14(3)19(20)26)10-8-15(24)18(21)22/h13-14,16,18-19,23,26H,6-12H2,1-5H3. The van der Waals surface area contributed by atoms with Crippen LogP contribution in [0.1, 0.15) is 73.1 Å². The van der Waals surface area contributed by atoms with E-state index in [-0.39, 0.29) is 29.0 Å². The van der Waals surface area contributed by atoms with Crippen LogP contribution in [0.25, 0.3) is 0 Å². The first-order valence-corrected chi connectivity index (χ1v) is 10.6. The molecular formula is C22H36O5. The van der Waals surface area contributed by atoms with Crippen molar-refractivity contribution in [2.24, 2.45) is 34.0 Å². The fourth-order valence-electron chi connectivity index (χ4n) is 6.90. The maximum atomic E-state index is 13.1. The summed E-state index contributed by atoms with van der Waals surface area (Å²) in [5.74, 6) is -0.320. The highest BCUT2D eigenvalue weighted by atomic mass is 16.6. The highest BCUT2D eigenvalue weighted by Gasteiger charge is 2.68. The molecule has 27 heavy (non-hydrogen) atoms. The lowest BCUT2D eigenvalue weighted by Crippen LogP contribution is -2.63. The summed E-state index contributed by atoms with van der Waals surface area (Å²) in [5.41, 5.74) is -1.10. The number of ether oxygens (including phenoxy) is 1. The number of hydrogen-bond acceptors (Lipinski definition) is 5. The quantitative estimate of drug-likeness (QED) is 0.735. The predicted molar refractivity (Wildman–Crippen MR) is 102 cm³/mol. The number of rotatable bonds is 3. The maximum Gasteiger partial charge on any atom is 0.332 e. The van der Waals surface area contributed by atoms with Crippen LogP contribution < -0.4 is 0 Å². The van der Waals surface area contributed by atoms with E-state index in [1.807, 2.05) is 0 Å². The molecule has 8 atom stereocenters. The largest absolute Gasteiger partial charge is 0.460 e. The summed E-state index contributed by atoms with van der Waals surface area (Å²) in [5, 5.41) is 20.7. The van der Waals surface area contributed by atoms with E-state index in [1.165, 1.54) is 0 Å². The van der Waals surface area contributed by atoms with Crippen LogP contribution in [0.2, 0.25) is 0 Å². The van der Waals surface area contributed by atoms with Gasteiger partial charge in [-0.05, 0) is 54.8 Å². The molecule has 5 heteroatoms. The molecule has 0 radical (unpaired) electrons. The van der Waals surface area contributed by atoms with Crippen LogP contribution in [0.3, 0.4) is 0 Å². The Kier molecular flexibility index (Phi) is 5.26. The van der Waals surface area contributed by atoms with E-state index < -0.39 is 35.6 Å². The van der Waals surface area contributed by atoms with Crippen LogP contribution in [0.5, 0.6) is 0 Å². The smallest absolute Gasteiger partial charge is 0.332 e. The van der Waals surface area contributed by atoms with Gasteiger partial charge in [0.15, 0.2) is 0 Å². The molecule has 0 spiro atoms. The van der Waals surface area contributed by atoms with Gasteiger partial charge in [-0.3, -0.25) is 4.79 Å². The normalized spacial score (nSPS) is 49.9. The molecule has 2 bridgehead atoms. The van der Waals surface area contributed by atoms with Crippen LogP contribution in [0.4, 0.5) is 0 Å². The molecule has 154 valence electrons. The lowest BCUT2D eigenvalue weighted by Gasteiger charge is -2.62. The van der Waals surface area contributed by atoms with Gasteiger partial charge in [-0.1, -0.05) is 34.6 Å². The Morgan fingerprint density at radius 1 is 1.26 bits per heavy atom. The van der Waals surface area contributed by atoms with Gasteiger partial charge in [-0.15, -0.1) is 0 Å². The van der Waals surface area contributed by atoms with Crippen LogP contribution in [-0.2, 0) is 14.3 Å². The van der Waals surface area contributed by atoms with Gasteiger partial charge in [-0.2, -0.15) is 0 Å². The Labute approximate surface area is 162 Å². The lowest BCUT2D eigenvalue weighted by atomic mass is 9.43. The number of carbonyl (C=O) groups excluding carboxylic acids is 2. The van der Waals surface area contributed by atoms with Gasteiger partial charge in [0.25, 0.3) is 0 Å². The van der Waals surface area contributed by atoms with Crippen LogP contribution in [0, 0.1) is 34.0 Å². The number of esters is 1. The number of aliphatic hydroxyl groups is 2. The third kappa shape index (κ3) is 2.79. The van der Waals surface area contributed by atoms with Gasteiger partial charge in [0.2, 0.25) is 0 Å². The summed E-state index contributed by atoms with van der Waals surface area (Å²) in [6.45, 7) is 9.90. The first-order chi connectivity index (χ1) is 12.6. The molecule has 3 rings (SSSR count). The van der Waals surface area contributed by atoms with Crippen molar-refractivity contribution in [3.8, 4) is 0 Å². The van der Waals surface area contributed by atoms with E-state index >= 15 is 0 Å². The highest BCUT2D eigenvalue weighted by Crippen LogP contribution is 2.68.